The molecule has 4 nitrogen and oxygen atoms in total. The van der Waals surface area contributed by atoms with E-state index in [0.717, 1.165) is 51.4 Å². The fourth-order valence-electron chi connectivity index (χ4n) is 4.39. The van der Waals surface area contributed by atoms with Crippen LogP contribution in [0.4, 0.5) is 0 Å². The summed E-state index contributed by atoms with van der Waals surface area (Å²) in [6.07, 6.45) is 11.8. The number of aromatic nitrogens is 1. The van der Waals surface area contributed by atoms with Gasteiger partial charge in [-0.25, -0.2) is 0 Å². The molecule has 124 valence electrons. The number of pyridine rings is 1. The predicted octanol–water partition coefficient (Wildman–Crippen LogP) is 2.84. The highest BCUT2D eigenvalue weighted by molar-refractivity contribution is 5.79. The fourth-order valence-corrected chi connectivity index (χ4v) is 4.39. The van der Waals surface area contributed by atoms with Gasteiger partial charge >= 0.3 is 0 Å². The number of amides is 1. The van der Waals surface area contributed by atoms with Crippen molar-refractivity contribution in [3.8, 4) is 0 Å². The molecule has 3 aliphatic rings. The Kier molecular flexibility index (Phi) is 4.10. The Balaban J connectivity index is 1.42. The van der Waals surface area contributed by atoms with Crippen molar-refractivity contribution in [3.63, 3.8) is 0 Å². The van der Waals surface area contributed by atoms with Crippen LogP contribution in [0, 0.1) is 5.92 Å². The van der Waals surface area contributed by atoms with E-state index in [1.807, 2.05) is 12.4 Å². The first-order valence-corrected chi connectivity index (χ1v) is 9.17. The molecule has 0 radical (unpaired) electrons. The van der Waals surface area contributed by atoms with Crippen LogP contribution in [-0.4, -0.2) is 45.9 Å². The molecule has 1 amide bonds. The van der Waals surface area contributed by atoms with Gasteiger partial charge in [-0.3, -0.25) is 14.7 Å². The second kappa shape index (κ2) is 6.23. The van der Waals surface area contributed by atoms with Crippen LogP contribution in [0.3, 0.4) is 0 Å². The van der Waals surface area contributed by atoms with Crippen LogP contribution in [0.2, 0.25) is 0 Å². The molecule has 0 N–H and O–H groups in total. The minimum absolute atomic E-state index is 0.173. The van der Waals surface area contributed by atoms with Crippen molar-refractivity contribution in [3.05, 3.63) is 30.1 Å². The quantitative estimate of drug-likeness (QED) is 0.857. The van der Waals surface area contributed by atoms with Crippen molar-refractivity contribution in [2.45, 2.75) is 57.0 Å². The summed E-state index contributed by atoms with van der Waals surface area (Å²) in [5, 5.41) is 0. The van der Waals surface area contributed by atoms with Gasteiger partial charge in [-0.2, -0.15) is 0 Å². The summed E-state index contributed by atoms with van der Waals surface area (Å²) >= 11 is 0. The van der Waals surface area contributed by atoms with Gasteiger partial charge < -0.3 is 4.90 Å². The number of rotatable bonds is 4. The highest BCUT2D eigenvalue weighted by Crippen LogP contribution is 2.42. The summed E-state index contributed by atoms with van der Waals surface area (Å²) in [6, 6.07) is 4.22. The second-order valence-corrected chi connectivity index (χ2v) is 7.66. The Morgan fingerprint density at radius 2 is 1.96 bits per heavy atom. The lowest BCUT2D eigenvalue weighted by atomic mass is 9.87. The molecule has 4 rings (SSSR count). The lowest BCUT2D eigenvalue weighted by Crippen LogP contribution is -2.47. The Hall–Kier alpha value is -1.42. The van der Waals surface area contributed by atoms with Crippen LogP contribution >= 0.6 is 0 Å². The summed E-state index contributed by atoms with van der Waals surface area (Å²) in [5.74, 6) is 1.21. The molecule has 2 saturated heterocycles. The molecule has 1 atom stereocenters. The zero-order valence-corrected chi connectivity index (χ0v) is 13.9. The highest BCUT2D eigenvalue weighted by Gasteiger charge is 2.47. The molecule has 0 bridgehead atoms. The van der Waals surface area contributed by atoms with Gasteiger partial charge in [0.1, 0.15) is 0 Å². The predicted molar refractivity (Wildman–Crippen MR) is 89.8 cm³/mol. The number of carbonyl (C=O) groups is 1. The molecule has 1 spiro atoms. The van der Waals surface area contributed by atoms with Crippen molar-refractivity contribution in [1.82, 2.24) is 14.8 Å². The number of hydrogen-bond acceptors (Lipinski definition) is 3. The molecule has 1 aromatic heterocycles. The van der Waals surface area contributed by atoms with Gasteiger partial charge in [0.25, 0.3) is 0 Å². The Labute approximate surface area is 138 Å². The van der Waals surface area contributed by atoms with Crippen LogP contribution in [-0.2, 0) is 11.3 Å². The third kappa shape index (κ3) is 3.27. The Bertz CT molecular complexity index is 557. The summed E-state index contributed by atoms with van der Waals surface area (Å²) in [5.41, 5.74) is 1.51. The van der Waals surface area contributed by atoms with Gasteiger partial charge in [0.05, 0.1) is 0 Å². The first-order valence-electron chi connectivity index (χ1n) is 9.17. The van der Waals surface area contributed by atoms with E-state index in [1.165, 1.54) is 31.2 Å². The van der Waals surface area contributed by atoms with E-state index in [2.05, 4.69) is 26.9 Å². The topological polar surface area (TPSA) is 36.4 Å². The lowest BCUT2D eigenvalue weighted by Gasteiger charge is -2.38. The van der Waals surface area contributed by atoms with E-state index in [-0.39, 0.29) is 5.54 Å². The maximum atomic E-state index is 12.4. The molecule has 1 aliphatic carbocycles. The smallest absolute Gasteiger partial charge is 0.223 e. The lowest BCUT2D eigenvalue weighted by molar-refractivity contribution is -0.131. The Morgan fingerprint density at radius 1 is 1.13 bits per heavy atom. The van der Waals surface area contributed by atoms with Crippen molar-refractivity contribution in [2.24, 2.45) is 5.92 Å². The molecular weight excluding hydrogens is 286 g/mol. The van der Waals surface area contributed by atoms with Crippen LogP contribution < -0.4 is 0 Å². The van der Waals surface area contributed by atoms with Gasteiger partial charge in [-0.15, -0.1) is 0 Å². The molecule has 3 fully saturated rings. The SMILES string of the molecule is O=C1CC[C@]2(CCCN(Cc3ccncc3)CC2)N1CC1CC1. The summed E-state index contributed by atoms with van der Waals surface area (Å²) in [6.45, 7) is 4.30. The minimum Gasteiger partial charge on any atom is -0.337 e. The van der Waals surface area contributed by atoms with E-state index in [4.69, 9.17) is 0 Å². The number of hydrogen-bond donors (Lipinski definition) is 0. The molecule has 0 unspecified atom stereocenters. The van der Waals surface area contributed by atoms with Gasteiger partial charge in [-0.1, -0.05) is 0 Å². The average Bonchev–Trinajstić information content (AvgIpc) is 3.35. The molecule has 1 saturated carbocycles. The van der Waals surface area contributed by atoms with E-state index in [1.54, 1.807) is 0 Å². The summed E-state index contributed by atoms with van der Waals surface area (Å²) in [7, 11) is 0. The number of carbonyl (C=O) groups excluding carboxylic acids is 1. The number of nitrogens with zero attached hydrogens (tertiary/aromatic N) is 3. The van der Waals surface area contributed by atoms with Gasteiger partial charge in [0.15, 0.2) is 0 Å². The maximum Gasteiger partial charge on any atom is 0.223 e. The highest BCUT2D eigenvalue weighted by atomic mass is 16.2. The van der Waals surface area contributed by atoms with E-state index in [9.17, 15) is 4.79 Å². The largest absolute Gasteiger partial charge is 0.337 e. The molecule has 3 heterocycles. The standard InChI is InChI=1S/C19H27N3O/c23-18-4-8-19(22(18)15-16-2-3-16)7-1-12-21(13-9-19)14-17-5-10-20-11-6-17/h5-6,10-11,16H,1-4,7-9,12-15H2/t19-/m0/s1. The third-order valence-corrected chi connectivity index (χ3v) is 5.98. The van der Waals surface area contributed by atoms with Crippen LogP contribution in [0.15, 0.2) is 24.5 Å². The van der Waals surface area contributed by atoms with Gasteiger partial charge in [0, 0.05) is 44.0 Å². The van der Waals surface area contributed by atoms with E-state index >= 15 is 0 Å². The first-order chi connectivity index (χ1) is 11.3. The monoisotopic (exact) mass is 313 g/mol. The minimum atomic E-state index is 0.173. The fraction of sp³-hybridized carbons (Fsp3) is 0.684. The van der Waals surface area contributed by atoms with Crippen molar-refractivity contribution in [1.29, 1.82) is 0 Å². The maximum absolute atomic E-state index is 12.4. The van der Waals surface area contributed by atoms with E-state index < -0.39 is 0 Å². The zero-order chi connectivity index (χ0) is 15.7. The Morgan fingerprint density at radius 3 is 2.74 bits per heavy atom. The second-order valence-electron chi connectivity index (χ2n) is 7.66. The van der Waals surface area contributed by atoms with E-state index in [0.29, 0.717) is 5.91 Å². The summed E-state index contributed by atoms with van der Waals surface area (Å²) in [4.78, 5) is 21.4. The van der Waals surface area contributed by atoms with Crippen molar-refractivity contribution >= 4 is 5.91 Å². The third-order valence-electron chi connectivity index (χ3n) is 5.98. The van der Waals surface area contributed by atoms with Crippen LogP contribution in [0.1, 0.15) is 50.5 Å². The van der Waals surface area contributed by atoms with Crippen molar-refractivity contribution < 1.29 is 4.79 Å². The molecule has 1 aromatic rings. The molecule has 0 aromatic carbocycles. The molecule has 4 heteroatoms. The zero-order valence-electron chi connectivity index (χ0n) is 13.9. The number of likely N-dealkylation sites (tertiary alicyclic amines) is 2. The van der Waals surface area contributed by atoms with Crippen LogP contribution in [0.25, 0.3) is 0 Å². The molecule has 2 aliphatic heterocycles. The van der Waals surface area contributed by atoms with Crippen LogP contribution in [0.5, 0.6) is 0 Å². The normalized spacial score (nSPS) is 29.2. The van der Waals surface area contributed by atoms with Gasteiger partial charge in [-0.05, 0) is 68.7 Å². The van der Waals surface area contributed by atoms with Crippen molar-refractivity contribution in [2.75, 3.05) is 19.6 Å². The molecule has 23 heavy (non-hydrogen) atoms. The van der Waals surface area contributed by atoms with Gasteiger partial charge in [0.2, 0.25) is 5.91 Å². The average molecular weight is 313 g/mol. The first kappa shape index (κ1) is 15.1. The molecular formula is C19H27N3O. The summed E-state index contributed by atoms with van der Waals surface area (Å²) < 4.78 is 0.